The van der Waals surface area contributed by atoms with Crippen molar-refractivity contribution in [3.8, 4) is 0 Å². The number of rotatable bonds is 4. The van der Waals surface area contributed by atoms with E-state index < -0.39 is 12.1 Å². The summed E-state index contributed by atoms with van der Waals surface area (Å²) in [6, 6.07) is 3.75. The summed E-state index contributed by atoms with van der Waals surface area (Å²) in [7, 11) is 1.30. The largest absolute Gasteiger partial charge is 0.467 e. The Balaban J connectivity index is 1.82. The molecule has 1 fully saturated rings. The molecule has 1 saturated heterocycles. The van der Waals surface area contributed by atoms with Crippen LogP contribution in [0.1, 0.15) is 18.5 Å². The fraction of sp³-hybridized carbons (Fsp3) is 0.571. The summed E-state index contributed by atoms with van der Waals surface area (Å²) < 4.78 is 4.57. The second-order valence-electron chi connectivity index (χ2n) is 5.05. The molecule has 2 heterocycles. The quantitative estimate of drug-likeness (QED) is 0.853. The van der Waals surface area contributed by atoms with Crippen LogP contribution >= 0.6 is 11.6 Å². The molecule has 6 heteroatoms. The first-order valence-corrected chi connectivity index (χ1v) is 7.06. The summed E-state index contributed by atoms with van der Waals surface area (Å²) in [6.07, 6.45) is 2.20. The van der Waals surface area contributed by atoms with Gasteiger partial charge in [-0.2, -0.15) is 0 Å². The smallest absolute Gasteiger partial charge is 0.334 e. The van der Waals surface area contributed by atoms with Gasteiger partial charge in [0.2, 0.25) is 0 Å². The molecule has 0 aliphatic carbocycles. The minimum atomic E-state index is -1.00. The monoisotopic (exact) mass is 298 g/mol. The van der Waals surface area contributed by atoms with E-state index in [0.29, 0.717) is 5.02 Å². The highest BCUT2D eigenvalue weighted by molar-refractivity contribution is 6.30. The Hall–Kier alpha value is -1.17. The summed E-state index contributed by atoms with van der Waals surface area (Å²) in [5.41, 5.74) is 0.973. The van der Waals surface area contributed by atoms with E-state index in [-0.39, 0.29) is 5.92 Å². The number of methoxy groups -OCH3 is 1. The van der Waals surface area contributed by atoms with Crippen molar-refractivity contribution in [3.63, 3.8) is 0 Å². The van der Waals surface area contributed by atoms with Crippen LogP contribution in [0.25, 0.3) is 0 Å². The Labute approximate surface area is 123 Å². The zero-order chi connectivity index (χ0) is 14.5. The van der Waals surface area contributed by atoms with E-state index in [4.69, 9.17) is 11.6 Å². The number of pyridine rings is 1. The van der Waals surface area contributed by atoms with Crippen molar-refractivity contribution in [2.75, 3.05) is 20.2 Å². The van der Waals surface area contributed by atoms with Gasteiger partial charge in [0.25, 0.3) is 0 Å². The molecule has 0 saturated carbocycles. The van der Waals surface area contributed by atoms with Gasteiger partial charge >= 0.3 is 5.97 Å². The number of esters is 1. The van der Waals surface area contributed by atoms with Crippen LogP contribution in [0.2, 0.25) is 5.02 Å². The second-order valence-corrected chi connectivity index (χ2v) is 5.49. The molecule has 20 heavy (non-hydrogen) atoms. The summed E-state index contributed by atoms with van der Waals surface area (Å²) in [6.45, 7) is 2.43. The van der Waals surface area contributed by atoms with Crippen LogP contribution in [0.4, 0.5) is 0 Å². The van der Waals surface area contributed by atoms with E-state index in [2.05, 4.69) is 14.6 Å². The number of carbonyl (C=O) groups is 1. The molecule has 0 spiro atoms. The molecule has 0 bridgehead atoms. The molecule has 0 radical (unpaired) electrons. The molecular formula is C14H19ClN2O3. The van der Waals surface area contributed by atoms with E-state index in [0.717, 1.165) is 38.2 Å². The van der Waals surface area contributed by atoms with Crippen molar-refractivity contribution < 1.29 is 14.6 Å². The van der Waals surface area contributed by atoms with Crippen LogP contribution in [-0.2, 0) is 16.1 Å². The number of carbonyl (C=O) groups excluding carboxylic acids is 1. The minimum absolute atomic E-state index is 0.0168. The maximum Gasteiger partial charge on any atom is 0.334 e. The van der Waals surface area contributed by atoms with Gasteiger partial charge in [-0.15, -0.1) is 0 Å². The van der Waals surface area contributed by atoms with Gasteiger partial charge in [-0.3, -0.25) is 9.88 Å². The summed E-state index contributed by atoms with van der Waals surface area (Å²) in [5.74, 6) is -0.556. The minimum Gasteiger partial charge on any atom is -0.467 e. The highest BCUT2D eigenvalue weighted by atomic mass is 35.5. The predicted octanol–water partition coefficient (Wildman–Crippen LogP) is 1.48. The number of aliphatic hydroxyl groups is 1. The molecule has 2 rings (SSSR count). The standard InChI is InChI=1S/C14H19ClN2O3/c1-20-14(19)13(18)10-4-6-17(7-5-10)9-12-3-2-11(15)8-16-12/h2-3,8,10,13,18H,4-7,9H2,1H3. The van der Waals surface area contributed by atoms with E-state index >= 15 is 0 Å². The highest BCUT2D eigenvalue weighted by Crippen LogP contribution is 2.22. The fourth-order valence-electron chi connectivity index (χ4n) is 2.47. The van der Waals surface area contributed by atoms with Gasteiger partial charge in [-0.05, 0) is 44.0 Å². The highest BCUT2D eigenvalue weighted by Gasteiger charge is 2.30. The lowest BCUT2D eigenvalue weighted by molar-refractivity contribution is -0.154. The third kappa shape index (κ3) is 3.91. The Bertz CT molecular complexity index is 444. The Morgan fingerprint density at radius 2 is 2.25 bits per heavy atom. The third-order valence-electron chi connectivity index (χ3n) is 3.70. The number of ether oxygens (including phenoxy) is 1. The zero-order valence-electron chi connectivity index (χ0n) is 11.5. The average molecular weight is 299 g/mol. The lowest BCUT2D eigenvalue weighted by atomic mass is 9.91. The maximum atomic E-state index is 11.3. The number of hydrogen-bond acceptors (Lipinski definition) is 5. The number of nitrogens with zero attached hydrogens (tertiary/aromatic N) is 2. The van der Waals surface area contributed by atoms with Crippen molar-refractivity contribution in [1.29, 1.82) is 0 Å². The van der Waals surface area contributed by atoms with E-state index in [1.807, 2.05) is 12.1 Å². The molecular weight excluding hydrogens is 280 g/mol. The summed E-state index contributed by atoms with van der Waals surface area (Å²) >= 11 is 5.80. The topological polar surface area (TPSA) is 62.7 Å². The second kappa shape index (κ2) is 7.02. The van der Waals surface area contributed by atoms with Crippen LogP contribution in [0.3, 0.4) is 0 Å². The van der Waals surface area contributed by atoms with E-state index in [1.165, 1.54) is 7.11 Å². The number of aliphatic hydroxyl groups excluding tert-OH is 1. The van der Waals surface area contributed by atoms with Crippen molar-refractivity contribution in [2.24, 2.45) is 5.92 Å². The number of piperidine rings is 1. The number of halogens is 1. The Kier molecular flexibility index (Phi) is 5.34. The molecule has 1 atom stereocenters. The SMILES string of the molecule is COC(=O)C(O)C1CCN(Cc2ccc(Cl)cn2)CC1. The zero-order valence-corrected chi connectivity index (χ0v) is 12.2. The third-order valence-corrected chi connectivity index (χ3v) is 3.92. The predicted molar refractivity (Wildman–Crippen MR) is 75.3 cm³/mol. The first-order valence-electron chi connectivity index (χ1n) is 6.69. The van der Waals surface area contributed by atoms with Gasteiger partial charge in [-0.1, -0.05) is 11.6 Å². The molecule has 1 unspecified atom stereocenters. The van der Waals surface area contributed by atoms with E-state index in [9.17, 15) is 9.90 Å². The number of hydrogen-bond donors (Lipinski definition) is 1. The van der Waals surface area contributed by atoms with Gasteiger partial charge < -0.3 is 9.84 Å². The van der Waals surface area contributed by atoms with Crippen LogP contribution in [0.5, 0.6) is 0 Å². The molecule has 0 amide bonds. The normalized spacial score (nSPS) is 18.8. The maximum absolute atomic E-state index is 11.3. The molecule has 1 N–H and O–H groups in total. The van der Waals surface area contributed by atoms with E-state index in [1.54, 1.807) is 6.20 Å². The Morgan fingerprint density at radius 1 is 1.55 bits per heavy atom. The molecule has 5 nitrogen and oxygen atoms in total. The lowest BCUT2D eigenvalue weighted by Crippen LogP contribution is -2.40. The molecule has 1 aromatic rings. The van der Waals surface area contributed by atoms with Gasteiger partial charge in [0.15, 0.2) is 6.10 Å². The first kappa shape index (κ1) is 15.2. The van der Waals surface area contributed by atoms with Gasteiger partial charge in [0.1, 0.15) is 0 Å². The van der Waals surface area contributed by atoms with Crippen LogP contribution in [-0.4, -0.2) is 47.3 Å². The summed E-state index contributed by atoms with van der Waals surface area (Å²) in [5, 5.41) is 10.5. The lowest BCUT2D eigenvalue weighted by Gasteiger charge is -2.33. The van der Waals surface area contributed by atoms with Crippen LogP contribution in [0.15, 0.2) is 18.3 Å². The number of likely N-dealkylation sites (tertiary alicyclic amines) is 1. The van der Waals surface area contributed by atoms with Crippen molar-refractivity contribution in [2.45, 2.75) is 25.5 Å². The molecule has 0 aromatic carbocycles. The van der Waals surface area contributed by atoms with Crippen molar-refractivity contribution in [3.05, 3.63) is 29.0 Å². The fourth-order valence-corrected chi connectivity index (χ4v) is 2.58. The van der Waals surface area contributed by atoms with Crippen molar-refractivity contribution >= 4 is 17.6 Å². The Morgan fingerprint density at radius 3 is 2.80 bits per heavy atom. The molecule has 1 aromatic heterocycles. The van der Waals surface area contributed by atoms with Gasteiger partial charge in [0, 0.05) is 12.7 Å². The van der Waals surface area contributed by atoms with Gasteiger partial charge in [0.05, 0.1) is 17.8 Å². The van der Waals surface area contributed by atoms with Crippen LogP contribution in [0, 0.1) is 5.92 Å². The average Bonchev–Trinajstić information content (AvgIpc) is 2.49. The molecule has 1 aliphatic rings. The number of aromatic nitrogens is 1. The first-order chi connectivity index (χ1) is 9.60. The van der Waals surface area contributed by atoms with Gasteiger partial charge in [-0.25, -0.2) is 4.79 Å². The molecule has 1 aliphatic heterocycles. The van der Waals surface area contributed by atoms with Crippen LogP contribution < -0.4 is 0 Å². The molecule has 110 valence electrons. The summed E-state index contributed by atoms with van der Waals surface area (Å²) in [4.78, 5) is 17.8. The van der Waals surface area contributed by atoms with Crippen molar-refractivity contribution in [1.82, 2.24) is 9.88 Å².